The quantitative estimate of drug-likeness (QED) is 0.924. The summed E-state index contributed by atoms with van der Waals surface area (Å²) in [6.07, 6.45) is -2.06. The zero-order chi connectivity index (χ0) is 14.9. The highest BCUT2D eigenvalue weighted by Crippen LogP contribution is 2.29. The average Bonchev–Trinajstić information content (AvgIpc) is 2.79. The van der Waals surface area contributed by atoms with Crippen LogP contribution in [0, 0.1) is 0 Å². The molecule has 1 heterocycles. The lowest BCUT2D eigenvalue weighted by molar-refractivity contribution is 0.0696. The van der Waals surface area contributed by atoms with E-state index in [0.29, 0.717) is 18.7 Å². The van der Waals surface area contributed by atoms with Crippen LogP contribution >= 0.6 is 0 Å². The first-order valence-electron chi connectivity index (χ1n) is 6.07. The van der Waals surface area contributed by atoms with Crippen molar-refractivity contribution in [1.29, 1.82) is 0 Å². The first-order chi connectivity index (χ1) is 9.40. The van der Waals surface area contributed by atoms with E-state index in [-0.39, 0.29) is 5.56 Å². The minimum Gasteiger partial charge on any atom is -0.478 e. The highest BCUT2D eigenvalue weighted by Gasteiger charge is 2.28. The molecule has 2 amide bonds. The van der Waals surface area contributed by atoms with E-state index in [1.807, 2.05) is 0 Å². The monoisotopic (exact) mass is 284 g/mol. The van der Waals surface area contributed by atoms with Crippen molar-refractivity contribution in [3.05, 3.63) is 29.3 Å². The Morgan fingerprint density at radius 3 is 2.75 bits per heavy atom. The third-order valence-electron chi connectivity index (χ3n) is 3.19. The lowest BCUT2D eigenvalue weighted by Gasteiger charge is -2.24. The van der Waals surface area contributed by atoms with Crippen LogP contribution in [0.15, 0.2) is 18.2 Å². The number of rotatable bonds is 3. The second-order valence-electron chi connectivity index (χ2n) is 4.60. The van der Waals surface area contributed by atoms with Crippen LogP contribution in [0.3, 0.4) is 0 Å². The maximum absolute atomic E-state index is 12.3. The fraction of sp³-hybridized carbons (Fsp3) is 0.385. The van der Waals surface area contributed by atoms with Gasteiger partial charge in [-0.2, -0.15) is 0 Å². The third-order valence-corrected chi connectivity index (χ3v) is 3.19. The lowest BCUT2D eigenvalue weighted by Crippen LogP contribution is -2.42. The van der Waals surface area contributed by atoms with Gasteiger partial charge in [-0.15, -0.1) is 0 Å². The Hall–Kier alpha value is -2.18. The maximum atomic E-state index is 12.3. The Morgan fingerprint density at radius 2 is 2.15 bits per heavy atom. The molecule has 0 unspecified atom stereocenters. The molecule has 20 heavy (non-hydrogen) atoms. The maximum Gasteiger partial charge on any atom is 0.335 e. The van der Waals surface area contributed by atoms with Crippen LogP contribution in [-0.4, -0.2) is 48.6 Å². The second-order valence-corrected chi connectivity index (χ2v) is 4.60. The van der Waals surface area contributed by atoms with Crippen molar-refractivity contribution in [3.63, 3.8) is 0 Å². The number of nitrogens with zero attached hydrogens (tertiary/aromatic N) is 2. The molecule has 0 saturated heterocycles. The second kappa shape index (κ2) is 5.44. The first-order valence-corrected chi connectivity index (χ1v) is 6.07. The Bertz CT molecular complexity index is 548. The van der Waals surface area contributed by atoms with Gasteiger partial charge in [0.05, 0.1) is 12.1 Å². The molecule has 0 fully saturated rings. The number of benzene rings is 1. The summed E-state index contributed by atoms with van der Waals surface area (Å²) in [6, 6.07) is 3.95. The molecule has 108 valence electrons. The average molecular weight is 284 g/mol. The molecule has 2 rings (SSSR count). The zero-order valence-corrected chi connectivity index (χ0v) is 10.8. The molecule has 1 aliphatic heterocycles. The third kappa shape index (κ3) is 2.71. The molecule has 1 N–H and O–H groups in total. The fourth-order valence-electron chi connectivity index (χ4n) is 2.22. The predicted molar refractivity (Wildman–Crippen MR) is 68.5 cm³/mol. The first kappa shape index (κ1) is 14.2. The van der Waals surface area contributed by atoms with Crippen LogP contribution < -0.4 is 4.90 Å². The van der Waals surface area contributed by atoms with Crippen LogP contribution in [0.2, 0.25) is 0 Å². The number of carboxylic acids is 1. The standard InChI is InChI=1S/C13H14F2N2O3/c1-16(7-11(14)15)13(20)17-5-4-8-6-9(12(18)19)2-3-10(8)17/h2-3,6,11H,4-5,7H2,1H3,(H,18,19). The summed E-state index contributed by atoms with van der Waals surface area (Å²) in [5.74, 6) is -1.03. The highest BCUT2D eigenvalue weighted by molar-refractivity contribution is 5.95. The zero-order valence-electron chi connectivity index (χ0n) is 10.8. The topological polar surface area (TPSA) is 60.9 Å². The molecule has 0 aliphatic carbocycles. The summed E-state index contributed by atoms with van der Waals surface area (Å²) in [5, 5.41) is 8.91. The van der Waals surface area contributed by atoms with E-state index in [1.54, 1.807) is 6.07 Å². The van der Waals surface area contributed by atoms with E-state index in [0.717, 1.165) is 10.5 Å². The van der Waals surface area contributed by atoms with Gasteiger partial charge in [-0.3, -0.25) is 4.90 Å². The number of urea groups is 1. The van der Waals surface area contributed by atoms with Crippen LogP contribution in [-0.2, 0) is 6.42 Å². The number of carboxylic acid groups (broad SMARTS) is 1. The molecular weight excluding hydrogens is 270 g/mol. The number of halogens is 2. The molecule has 7 heteroatoms. The number of carbonyl (C=O) groups excluding carboxylic acids is 1. The molecule has 0 spiro atoms. The van der Waals surface area contributed by atoms with E-state index < -0.39 is 25.0 Å². The molecule has 1 aromatic carbocycles. The summed E-state index contributed by atoms with van der Waals surface area (Å²) in [4.78, 5) is 25.3. The summed E-state index contributed by atoms with van der Waals surface area (Å²) < 4.78 is 24.6. The molecule has 0 saturated carbocycles. The molecule has 0 aromatic heterocycles. The van der Waals surface area contributed by atoms with E-state index in [4.69, 9.17) is 5.11 Å². The number of fused-ring (bicyclic) bond motifs is 1. The fourth-order valence-corrected chi connectivity index (χ4v) is 2.22. The number of hydrogen-bond acceptors (Lipinski definition) is 2. The molecule has 1 aliphatic rings. The Kier molecular flexibility index (Phi) is 3.87. The summed E-state index contributed by atoms with van der Waals surface area (Å²) >= 11 is 0. The molecule has 0 bridgehead atoms. The van der Waals surface area contributed by atoms with Gasteiger partial charge in [0.15, 0.2) is 0 Å². The van der Waals surface area contributed by atoms with E-state index in [9.17, 15) is 18.4 Å². The Balaban J connectivity index is 2.19. The molecular formula is C13H14F2N2O3. The van der Waals surface area contributed by atoms with Gasteiger partial charge in [0.1, 0.15) is 0 Å². The number of aromatic carboxylic acids is 1. The van der Waals surface area contributed by atoms with Gasteiger partial charge in [-0.25, -0.2) is 18.4 Å². The normalized spacial score (nSPS) is 13.5. The number of hydrogen-bond donors (Lipinski definition) is 1. The number of alkyl halides is 2. The van der Waals surface area contributed by atoms with Gasteiger partial charge < -0.3 is 10.0 Å². The number of amides is 2. The highest BCUT2D eigenvalue weighted by atomic mass is 19.3. The van der Waals surface area contributed by atoms with Gasteiger partial charge in [0.25, 0.3) is 6.43 Å². The summed E-state index contributed by atoms with van der Waals surface area (Å²) in [7, 11) is 1.32. The smallest absolute Gasteiger partial charge is 0.335 e. The van der Waals surface area contributed by atoms with Crippen molar-refractivity contribution in [3.8, 4) is 0 Å². The Morgan fingerprint density at radius 1 is 1.45 bits per heavy atom. The van der Waals surface area contributed by atoms with Crippen molar-refractivity contribution < 1.29 is 23.5 Å². The van der Waals surface area contributed by atoms with Gasteiger partial charge in [0, 0.05) is 19.3 Å². The van der Waals surface area contributed by atoms with Crippen LogP contribution in [0.5, 0.6) is 0 Å². The van der Waals surface area contributed by atoms with Gasteiger partial charge >= 0.3 is 12.0 Å². The van der Waals surface area contributed by atoms with Crippen molar-refractivity contribution in [2.24, 2.45) is 0 Å². The van der Waals surface area contributed by atoms with Gasteiger partial charge in [-0.1, -0.05) is 0 Å². The summed E-state index contributed by atoms with van der Waals surface area (Å²) in [5.41, 5.74) is 1.48. The SMILES string of the molecule is CN(CC(F)F)C(=O)N1CCc2cc(C(=O)O)ccc21. The molecule has 5 nitrogen and oxygen atoms in total. The van der Waals surface area contributed by atoms with Gasteiger partial charge in [0.2, 0.25) is 0 Å². The Labute approximate surface area is 114 Å². The summed E-state index contributed by atoms with van der Waals surface area (Å²) in [6.45, 7) is -0.261. The predicted octanol–water partition coefficient (Wildman–Crippen LogP) is 2.06. The number of carbonyl (C=O) groups is 2. The largest absolute Gasteiger partial charge is 0.478 e. The number of anilines is 1. The van der Waals surface area contributed by atoms with Gasteiger partial charge in [-0.05, 0) is 30.2 Å². The van der Waals surface area contributed by atoms with Crippen LogP contribution in [0.25, 0.3) is 0 Å². The molecule has 0 radical (unpaired) electrons. The van der Waals surface area contributed by atoms with E-state index in [1.165, 1.54) is 24.1 Å². The lowest BCUT2D eigenvalue weighted by atomic mass is 10.1. The minimum atomic E-state index is -2.58. The van der Waals surface area contributed by atoms with Crippen molar-refractivity contribution in [2.75, 3.05) is 25.0 Å². The molecule has 0 atom stereocenters. The van der Waals surface area contributed by atoms with Crippen molar-refractivity contribution >= 4 is 17.7 Å². The van der Waals surface area contributed by atoms with E-state index in [2.05, 4.69) is 0 Å². The van der Waals surface area contributed by atoms with Crippen molar-refractivity contribution in [1.82, 2.24) is 4.90 Å². The van der Waals surface area contributed by atoms with E-state index >= 15 is 0 Å². The van der Waals surface area contributed by atoms with Crippen LogP contribution in [0.4, 0.5) is 19.3 Å². The molecule has 1 aromatic rings. The van der Waals surface area contributed by atoms with Crippen LogP contribution in [0.1, 0.15) is 15.9 Å². The minimum absolute atomic E-state index is 0.152. The van der Waals surface area contributed by atoms with Crippen molar-refractivity contribution in [2.45, 2.75) is 12.8 Å².